The molecule has 1 aromatic carbocycles. The van der Waals surface area contributed by atoms with Gasteiger partial charge in [0.1, 0.15) is 16.8 Å². The van der Waals surface area contributed by atoms with E-state index < -0.39 is 34.5 Å². The van der Waals surface area contributed by atoms with Crippen LogP contribution in [0.3, 0.4) is 0 Å². The van der Waals surface area contributed by atoms with Gasteiger partial charge in [-0.3, -0.25) is 9.32 Å². The Labute approximate surface area is 177 Å². The summed E-state index contributed by atoms with van der Waals surface area (Å²) >= 11 is 0.630. The molecule has 0 amide bonds. The summed E-state index contributed by atoms with van der Waals surface area (Å²) in [5, 5.41) is 11.3. The number of aromatic amines is 1. The highest BCUT2D eigenvalue weighted by molar-refractivity contribution is 8.00. The van der Waals surface area contributed by atoms with Gasteiger partial charge < -0.3 is 4.74 Å². The lowest BCUT2D eigenvalue weighted by molar-refractivity contribution is -0.672. The first-order valence-corrected chi connectivity index (χ1v) is 9.57. The number of halogens is 3. The number of Topliss-reactive ketones (excluding diaryl/α,β-unsaturated/α-hetero) is 1. The van der Waals surface area contributed by atoms with Gasteiger partial charge in [0.2, 0.25) is 11.5 Å². The molecule has 31 heavy (non-hydrogen) atoms. The molecule has 0 fully saturated rings. The van der Waals surface area contributed by atoms with Gasteiger partial charge in [-0.05, 0) is 35.1 Å². The van der Waals surface area contributed by atoms with Crippen LogP contribution in [0.5, 0.6) is 5.75 Å². The minimum absolute atomic E-state index is 0.0377. The smallest absolute Gasteiger partial charge is 0.438 e. The Kier molecular flexibility index (Phi) is 6.16. The third-order valence-electron chi connectivity index (χ3n) is 4.11. The highest BCUT2D eigenvalue weighted by Crippen LogP contribution is 2.35. The Hall–Kier alpha value is -3.59. The van der Waals surface area contributed by atoms with E-state index in [9.17, 15) is 28.0 Å². The van der Waals surface area contributed by atoms with Crippen LogP contribution in [0, 0.1) is 18.3 Å². The van der Waals surface area contributed by atoms with Crippen molar-refractivity contribution < 1.29 is 31.9 Å². The van der Waals surface area contributed by atoms with E-state index in [1.54, 1.807) is 24.3 Å². The van der Waals surface area contributed by atoms with Crippen LogP contribution in [-0.4, -0.2) is 28.9 Å². The number of H-pyrrole nitrogens is 1. The molecule has 2 aromatic heterocycles. The number of aromatic nitrogens is 3. The van der Waals surface area contributed by atoms with Crippen LogP contribution < -0.4 is 15.0 Å². The summed E-state index contributed by atoms with van der Waals surface area (Å²) < 4.78 is 50.6. The number of rotatable bonds is 6. The van der Waals surface area contributed by atoms with E-state index in [0.717, 1.165) is 10.7 Å². The molecule has 0 aliphatic heterocycles. The number of hydrogen-bond acceptors (Lipinski definition) is 7. The summed E-state index contributed by atoms with van der Waals surface area (Å²) in [6, 6.07) is 8.61. The highest BCUT2D eigenvalue weighted by Gasteiger charge is 2.36. The highest BCUT2D eigenvalue weighted by atomic mass is 32.2. The van der Waals surface area contributed by atoms with Crippen molar-refractivity contribution in [2.75, 3.05) is 12.9 Å². The summed E-state index contributed by atoms with van der Waals surface area (Å²) in [5.41, 5.74) is -2.69. The van der Waals surface area contributed by atoms with Gasteiger partial charge in [-0.15, -0.1) is 0 Å². The number of carbonyl (C=O) groups is 1. The zero-order valence-electron chi connectivity index (χ0n) is 16.1. The first-order chi connectivity index (χ1) is 14.7. The van der Waals surface area contributed by atoms with Crippen molar-refractivity contribution >= 4 is 17.5 Å². The average molecular weight is 451 g/mol. The maximum absolute atomic E-state index is 13.2. The maximum atomic E-state index is 13.2. The molecule has 1 N–H and O–H groups in total. The Morgan fingerprint density at radius 1 is 1.35 bits per heavy atom. The number of thioether (sulfide) groups is 1. The van der Waals surface area contributed by atoms with E-state index in [0.29, 0.717) is 23.2 Å². The second kappa shape index (κ2) is 8.65. The number of ether oxygens (including phenoxy) is 1. The summed E-state index contributed by atoms with van der Waals surface area (Å²) in [6.07, 6.45) is -4.75. The molecule has 3 rings (SSSR count). The van der Waals surface area contributed by atoms with Crippen molar-refractivity contribution in [2.24, 2.45) is 0 Å². The van der Waals surface area contributed by atoms with Crippen molar-refractivity contribution in [3.8, 4) is 17.5 Å². The Bertz CT molecular complexity index is 1230. The van der Waals surface area contributed by atoms with Gasteiger partial charge in [0.15, 0.2) is 0 Å². The molecule has 160 valence electrons. The second-order valence-electron chi connectivity index (χ2n) is 6.18. The molecule has 0 aliphatic rings. The molecule has 12 heteroatoms. The first-order valence-electron chi connectivity index (χ1n) is 8.58. The SMILES string of the molecule is COc1ccc(-[n+]2[nH]oc(=O)c2C(=O)CSc2nc(C)cc(C(F)(F)F)c2C#N)cc1. The number of nitrogens with zero attached hydrogens (tertiary/aromatic N) is 3. The molecule has 2 heterocycles. The Morgan fingerprint density at radius 2 is 2.03 bits per heavy atom. The van der Waals surface area contributed by atoms with Crippen LogP contribution >= 0.6 is 11.8 Å². The molecule has 0 saturated heterocycles. The minimum atomic E-state index is -4.75. The van der Waals surface area contributed by atoms with Crippen molar-refractivity contribution in [1.29, 1.82) is 5.26 Å². The zero-order chi connectivity index (χ0) is 22.8. The topological polar surface area (TPSA) is 113 Å². The fraction of sp³-hybridized carbons (Fsp3) is 0.211. The molecule has 0 saturated carbocycles. The summed E-state index contributed by atoms with van der Waals surface area (Å²) in [6.45, 7) is 1.35. The van der Waals surface area contributed by atoms with Gasteiger partial charge in [0.05, 0.1) is 24.0 Å². The number of nitriles is 1. The molecule has 0 bridgehead atoms. The van der Waals surface area contributed by atoms with E-state index in [2.05, 4.69) is 10.3 Å². The van der Waals surface area contributed by atoms with E-state index in [1.165, 1.54) is 20.1 Å². The second-order valence-corrected chi connectivity index (χ2v) is 7.14. The largest absolute Gasteiger partial charge is 0.497 e. The first kappa shape index (κ1) is 22.1. The third-order valence-corrected chi connectivity index (χ3v) is 5.09. The van der Waals surface area contributed by atoms with E-state index in [4.69, 9.17) is 9.26 Å². The Balaban J connectivity index is 1.91. The van der Waals surface area contributed by atoms with Gasteiger partial charge in [0, 0.05) is 17.8 Å². The van der Waals surface area contributed by atoms with Crippen LogP contribution in [0.1, 0.15) is 27.3 Å². The van der Waals surface area contributed by atoms with Crippen LogP contribution in [0.2, 0.25) is 0 Å². The maximum Gasteiger partial charge on any atom is 0.438 e. The van der Waals surface area contributed by atoms with Crippen LogP contribution in [-0.2, 0) is 6.18 Å². The lowest BCUT2D eigenvalue weighted by Crippen LogP contribution is -2.41. The quantitative estimate of drug-likeness (QED) is 0.348. The monoisotopic (exact) mass is 451 g/mol. The lowest BCUT2D eigenvalue weighted by Gasteiger charge is -2.12. The molecule has 0 aliphatic carbocycles. The number of aryl methyl sites for hydroxylation is 1. The van der Waals surface area contributed by atoms with Crippen LogP contribution in [0.15, 0.2) is 44.7 Å². The standard InChI is InChI=1S/C19H13F3N4O4S/c1-10-7-14(19(20,21)22)13(8-23)17(24-10)31-9-15(27)16-18(28)30-25-26(16)11-3-5-12(29-2)6-4-11/h3-7H,9H2,1-2H3/p+1. The van der Waals surface area contributed by atoms with Crippen molar-refractivity contribution in [2.45, 2.75) is 18.1 Å². The summed E-state index contributed by atoms with van der Waals surface area (Å²) in [4.78, 5) is 28.7. The predicted molar refractivity (Wildman–Crippen MR) is 101 cm³/mol. The van der Waals surface area contributed by atoms with Gasteiger partial charge in [0.25, 0.3) is 0 Å². The molecule has 8 nitrogen and oxygen atoms in total. The molecule has 3 aromatic rings. The van der Waals surface area contributed by atoms with Crippen molar-refractivity contribution in [3.05, 3.63) is 63.3 Å². The molecule has 0 atom stereocenters. The number of benzene rings is 1. The van der Waals surface area contributed by atoms with Gasteiger partial charge in [-0.25, -0.2) is 9.78 Å². The number of ketones is 1. The van der Waals surface area contributed by atoms with E-state index in [1.807, 2.05) is 0 Å². The van der Waals surface area contributed by atoms with Crippen LogP contribution in [0.25, 0.3) is 5.69 Å². The predicted octanol–water partition coefficient (Wildman–Crippen LogP) is 2.82. The van der Waals surface area contributed by atoms with Crippen molar-refractivity contribution in [3.63, 3.8) is 0 Å². The summed E-state index contributed by atoms with van der Waals surface area (Å²) in [5.74, 6) is -0.619. The zero-order valence-corrected chi connectivity index (χ0v) is 16.9. The fourth-order valence-electron chi connectivity index (χ4n) is 2.71. The van der Waals surface area contributed by atoms with Gasteiger partial charge in [-0.2, -0.15) is 18.4 Å². The third kappa shape index (κ3) is 4.61. The summed E-state index contributed by atoms with van der Waals surface area (Å²) in [7, 11) is 1.48. The number of carbonyl (C=O) groups excluding carboxylic acids is 1. The molecular weight excluding hydrogens is 437 g/mol. The average Bonchev–Trinajstić information content (AvgIpc) is 3.12. The Morgan fingerprint density at radius 3 is 2.61 bits per heavy atom. The molecule has 0 unspecified atom stereocenters. The molecule has 0 spiro atoms. The number of methoxy groups -OCH3 is 1. The number of alkyl halides is 3. The van der Waals surface area contributed by atoms with E-state index >= 15 is 0 Å². The normalized spacial score (nSPS) is 11.2. The van der Waals surface area contributed by atoms with Gasteiger partial charge >= 0.3 is 17.5 Å². The van der Waals surface area contributed by atoms with Crippen molar-refractivity contribution in [1.82, 2.24) is 10.3 Å². The van der Waals surface area contributed by atoms with Crippen LogP contribution in [0.4, 0.5) is 13.2 Å². The number of pyridine rings is 1. The van der Waals surface area contributed by atoms with Gasteiger partial charge in [-0.1, -0.05) is 11.8 Å². The molecule has 0 radical (unpaired) electrons. The number of hydrogen-bond donors (Lipinski definition) is 1. The lowest BCUT2D eigenvalue weighted by atomic mass is 10.1. The minimum Gasteiger partial charge on any atom is -0.497 e. The number of nitrogens with one attached hydrogen (secondary N) is 1. The fourth-order valence-corrected chi connectivity index (χ4v) is 3.62. The van der Waals surface area contributed by atoms with E-state index in [-0.39, 0.29) is 16.4 Å². The molecular formula is C19H14F3N4O4S+.